The van der Waals surface area contributed by atoms with Crippen molar-refractivity contribution in [3.63, 3.8) is 0 Å². The first-order chi connectivity index (χ1) is 11.8. The van der Waals surface area contributed by atoms with Crippen molar-refractivity contribution >= 4 is 5.91 Å². The number of nitrogens with zero attached hydrogens (tertiary/aromatic N) is 2. The monoisotopic (exact) mass is 326 g/mol. The van der Waals surface area contributed by atoms with Crippen LogP contribution in [-0.2, 0) is 22.5 Å². The van der Waals surface area contributed by atoms with Crippen molar-refractivity contribution in [1.82, 2.24) is 9.80 Å². The highest BCUT2D eigenvalue weighted by Gasteiger charge is 2.25. The molecule has 1 fully saturated rings. The van der Waals surface area contributed by atoms with Crippen molar-refractivity contribution in [3.8, 4) is 11.3 Å². The molecule has 0 radical (unpaired) electrons. The molecule has 0 aliphatic carbocycles. The molecule has 0 unspecified atom stereocenters. The molecule has 1 saturated heterocycles. The minimum Gasteiger partial charge on any atom is -0.459 e. The van der Waals surface area contributed by atoms with E-state index in [0.29, 0.717) is 39.4 Å². The molecule has 0 bridgehead atoms. The van der Waals surface area contributed by atoms with Crippen molar-refractivity contribution in [1.29, 1.82) is 0 Å². The SMILES string of the molecule is O=C(CN1CCc2cc(-c3ccccc3)oc2C1)N1CCOCC1. The van der Waals surface area contributed by atoms with Gasteiger partial charge in [0, 0.05) is 25.2 Å². The van der Waals surface area contributed by atoms with E-state index in [1.807, 2.05) is 23.1 Å². The number of fused-ring (bicyclic) bond motifs is 1. The molecule has 0 N–H and O–H groups in total. The lowest BCUT2D eigenvalue weighted by molar-refractivity contribution is -0.136. The number of ether oxygens (including phenoxy) is 1. The van der Waals surface area contributed by atoms with Crippen LogP contribution in [-0.4, -0.2) is 55.1 Å². The molecule has 2 aromatic rings. The van der Waals surface area contributed by atoms with Gasteiger partial charge < -0.3 is 14.1 Å². The van der Waals surface area contributed by atoms with Crippen LogP contribution in [0, 0.1) is 0 Å². The van der Waals surface area contributed by atoms with Gasteiger partial charge in [0.15, 0.2) is 0 Å². The lowest BCUT2D eigenvalue weighted by Crippen LogP contribution is -2.46. The van der Waals surface area contributed by atoms with Gasteiger partial charge in [-0.1, -0.05) is 30.3 Å². The van der Waals surface area contributed by atoms with Crippen LogP contribution in [0.2, 0.25) is 0 Å². The predicted octanol–water partition coefficient (Wildman–Crippen LogP) is 2.16. The average Bonchev–Trinajstić information content (AvgIpc) is 3.06. The van der Waals surface area contributed by atoms with Gasteiger partial charge in [-0.25, -0.2) is 0 Å². The van der Waals surface area contributed by atoms with Crippen LogP contribution < -0.4 is 0 Å². The second-order valence-electron chi connectivity index (χ2n) is 6.38. The average molecular weight is 326 g/mol. The molecule has 5 heteroatoms. The van der Waals surface area contributed by atoms with Gasteiger partial charge in [-0.3, -0.25) is 9.69 Å². The van der Waals surface area contributed by atoms with E-state index in [1.165, 1.54) is 5.56 Å². The van der Waals surface area contributed by atoms with Gasteiger partial charge in [0.25, 0.3) is 0 Å². The Morgan fingerprint density at radius 3 is 2.67 bits per heavy atom. The molecule has 0 spiro atoms. The maximum Gasteiger partial charge on any atom is 0.236 e. The fourth-order valence-corrected chi connectivity index (χ4v) is 3.36. The van der Waals surface area contributed by atoms with Gasteiger partial charge in [0.05, 0.1) is 26.3 Å². The van der Waals surface area contributed by atoms with Crippen LogP contribution in [0.5, 0.6) is 0 Å². The van der Waals surface area contributed by atoms with Gasteiger partial charge in [-0.15, -0.1) is 0 Å². The van der Waals surface area contributed by atoms with E-state index < -0.39 is 0 Å². The maximum absolute atomic E-state index is 12.4. The van der Waals surface area contributed by atoms with E-state index in [-0.39, 0.29) is 5.91 Å². The van der Waals surface area contributed by atoms with Gasteiger partial charge in [0.1, 0.15) is 11.5 Å². The van der Waals surface area contributed by atoms with Crippen molar-refractivity contribution in [2.45, 2.75) is 13.0 Å². The van der Waals surface area contributed by atoms with Crippen molar-refractivity contribution in [3.05, 3.63) is 47.7 Å². The third kappa shape index (κ3) is 3.23. The van der Waals surface area contributed by atoms with Crippen molar-refractivity contribution < 1.29 is 13.9 Å². The van der Waals surface area contributed by atoms with Crippen LogP contribution >= 0.6 is 0 Å². The summed E-state index contributed by atoms with van der Waals surface area (Å²) in [5.74, 6) is 2.11. The van der Waals surface area contributed by atoms with Crippen LogP contribution in [0.15, 0.2) is 40.8 Å². The summed E-state index contributed by atoms with van der Waals surface area (Å²) in [4.78, 5) is 16.5. The van der Waals surface area contributed by atoms with E-state index in [1.54, 1.807) is 0 Å². The second-order valence-corrected chi connectivity index (χ2v) is 6.38. The molecule has 3 heterocycles. The highest BCUT2D eigenvalue weighted by molar-refractivity contribution is 5.78. The zero-order valence-corrected chi connectivity index (χ0v) is 13.7. The molecule has 2 aliphatic rings. The number of hydrogen-bond acceptors (Lipinski definition) is 4. The smallest absolute Gasteiger partial charge is 0.236 e. The first-order valence-electron chi connectivity index (χ1n) is 8.54. The molecular weight excluding hydrogens is 304 g/mol. The van der Waals surface area contributed by atoms with Crippen LogP contribution in [0.25, 0.3) is 11.3 Å². The Morgan fingerprint density at radius 2 is 1.88 bits per heavy atom. The number of carbonyl (C=O) groups excluding carboxylic acids is 1. The standard InChI is InChI=1S/C19H22N2O3/c22-19(21-8-10-23-11-9-21)14-20-7-6-16-12-17(24-18(16)13-20)15-4-2-1-3-5-15/h1-5,12H,6-11,13-14H2. The first kappa shape index (κ1) is 15.4. The molecule has 4 rings (SSSR count). The summed E-state index contributed by atoms with van der Waals surface area (Å²) < 4.78 is 11.4. The number of hydrogen-bond donors (Lipinski definition) is 0. The Hall–Kier alpha value is -2.11. The lowest BCUT2D eigenvalue weighted by Gasteiger charge is -2.31. The minimum atomic E-state index is 0.191. The third-order valence-corrected chi connectivity index (χ3v) is 4.74. The number of furan rings is 1. The van der Waals surface area contributed by atoms with Gasteiger partial charge >= 0.3 is 0 Å². The third-order valence-electron chi connectivity index (χ3n) is 4.74. The summed E-state index contributed by atoms with van der Waals surface area (Å²) in [6, 6.07) is 12.3. The maximum atomic E-state index is 12.4. The summed E-state index contributed by atoms with van der Waals surface area (Å²) in [6.45, 7) is 4.77. The van der Waals surface area contributed by atoms with Gasteiger partial charge in [-0.05, 0) is 18.1 Å². The summed E-state index contributed by atoms with van der Waals surface area (Å²) in [5.41, 5.74) is 2.37. The predicted molar refractivity (Wildman–Crippen MR) is 90.5 cm³/mol. The van der Waals surface area contributed by atoms with Gasteiger partial charge in [-0.2, -0.15) is 0 Å². The van der Waals surface area contributed by atoms with E-state index >= 15 is 0 Å². The Bertz CT molecular complexity index is 705. The van der Waals surface area contributed by atoms with Crippen LogP contribution in [0.1, 0.15) is 11.3 Å². The molecule has 1 aromatic carbocycles. The summed E-state index contributed by atoms with van der Waals surface area (Å²) in [5, 5.41) is 0. The minimum absolute atomic E-state index is 0.191. The number of benzene rings is 1. The molecule has 0 atom stereocenters. The van der Waals surface area contributed by atoms with Crippen molar-refractivity contribution in [2.24, 2.45) is 0 Å². The van der Waals surface area contributed by atoms with Crippen LogP contribution in [0.3, 0.4) is 0 Å². The fourth-order valence-electron chi connectivity index (χ4n) is 3.36. The summed E-state index contributed by atoms with van der Waals surface area (Å²) >= 11 is 0. The molecular formula is C19H22N2O3. The van der Waals surface area contributed by atoms with Gasteiger partial charge in [0.2, 0.25) is 5.91 Å². The fraction of sp³-hybridized carbons (Fsp3) is 0.421. The Labute approximate surface area is 141 Å². The molecule has 24 heavy (non-hydrogen) atoms. The van der Waals surface area contributed by atoms with E-state index in [4.69, 9.17) is 9.15 Å². The van der Waals surface area contributed by atoms with Crippen LogP contribution in [0.4, 0.5) is 0 Å². The molecule has 1 aromatic heterocycles. The molecule has 126 valence electrons. The largest absolute Gasteiger partial charge is 0.459 e. The molecule has 0 saturated carbocycles. The highest BCUT2D eigenvalue weighted by Crippen LogP contribution is 2.29. The summed E-state index contributed by atoms with van der Waals surface area (Å²) in [7, 11) is 0. The molecule has 2 aliphatic heterocycles. The highest BCUT2D eigenvalue weighted by atomic mass is 16.5. The van der Waals surface area contributed by atoms with E-state index in [0.717, 1.165) is 30.0 Å². The zero-order valence-electron chi connectivity index (χ0n) is 13.7. The number of rotatable bonds is 3. The molecule has 1 amide bonds. The normalized spacial score (nSPS) is 18.4. The van der Waals surface area contributed by atoms with Crippen molar-refractivity contribution in [2.75, 3.05) is 39.4 Å². The first-order valence-corrected chi connectivity index (χ1v) is 8.54. The number of carbonyl (C=O) groups is 1. The van der Waals surface area contributed by atoms with E-state index in [9.17, 15) is 4.79 Å². The van der Waals surface area contributed by atoms with E-state index in [2.05, 4.69) is 23.1 Å². The topological polar surface area (TPSA) is 45.9 Å². The summed E-state index contributed by atoms with van der Waals surface area (Å²) in [6.07, 6.45) is 0.933. The second kappa shape index (κ2) is 6.79. The zero-order chi connectivity index (χ0) is 16.4. The lowest BCUT2D eigenvalue weighted by atomic mass is 10.1. The Balaban J connectivity index is 1.42. The molecule has 5 nitrogen and oxygen atoms in total. The Morgan fingerprint density at radius 1 is 1.08 bits per heavy atom. The number of morpholine rings is 1. The quantitative estimate of drug-likeness (QED) is 0.867. The number of amides is 1. The Kier molecular flexibility index (Phi) is 4.36.